The Morgan fingerprint density at radius 3 is 2.44 bits per heavy atom. The minimum Gasteiger partial charge on any atom is -0.496 e. The Bertz CT molecular complexity index is 1240. The highest BCUT2D eigenvalue weighted by Crippen LogP contribution is 2.38. The number of anilines is 2. The number of imidazole rings is 1. The normalized spacial score (nSPS) is 14.1. The van der Waals surface area contributed by atoms with Crippen LogP contribution in [0.4, 0.5) is 11.5 Å². The number of benzene rings is 1. The second kappa shape index (κ2) is 8.55. The first-order valence-electron chi connectivity index (χ1n) is 10.3. The number of ether oxygens (including phenoxy) is 2. The lowest BCUT2D eigenvalue weighted by molar-refractivity contribution is 0.395. The molecule has 1 aliphatic heterocycles. The van der Waals surface area contributed by atoms with Crippen LogP contribution in [-0.2, 0) is 0 Å². The molecule has 5 rings (SSSR count). The first kappa shape index (κ1) is 20.4. The number of halogens is 1. The van der Waals surface area contributed by atoms with Gasteiger partial charge in [-0.2, -0.15) is 0 Å². The van der Waals surface area contributed by atoms with E-state index in [4.69, 9.17) is 26.1 Å². The van der Waals surface area contributed by atoms with Gasteiger partial charge in [0.15, 0.2) is 0 Å². The van der Waals surface area contributed by atoms with Gasteiger partial charge in [0, 0.05) is 74.3 Å². The number of piperazine rings is 1. The first-order valence-corrected chi connectivity index (χ1v) is 10.7. The van der Waals surface area contributed by atoms with E-state index >= 15 is 0 Å². The third kappa shape index (κ3) is 3.78. The van der Waals surface area contributed by atoms with Crippen LogP contribution in [0.3, 0.4) is 0 Å². The lowest BCUT2D eigenvalue weighted by Gasteiger charge is -2.36. The minimum atomic E-state index is 0.516. The molecule has 1 aliphatic rings. The van der Waals surface area contributed by atoms with Crippen molar-refractivity contribution < 1.29 is 9.47 Å². The Labute approximate surface area is 191 Å². The van der Waals surface area contributed by atoms with Crippen molar-refractivity contribution in [2.75, 3.05) is 50.2 Å². The number of pyridine rings is 1. The molecule has 3 aromatic heterocycles. The van der Waals surface area contributed by atoms with Crippen molar-refractivity contribution in [3.8, 4) is 22.8 Å². The molecule has 9 heteroatoms. The molecule has 4 aromatic rings. The SMILES string of the molecule is COc1cc(OC)c(-c2cn3ccc(N4CCN(c5cnccn5)CC4)cc3n2)cc1Cl. The molecule has 0 unspecified atom stereocenters. The summed E-state index contributed by atoms with van der Waals surface area (Å²) >= 11 is 6.36. The molecule has 4 heterocycles. The van der Waals surface area contributed by atoms with E-state index in [1.807, 2.05) is 29.1 Å². The van der Waals surface area contributed by atoms with Crippen molar-refractivity contribution in [2.24, 2.45) is 0 Å². The van der Waals surface area contributed by atoms with E-state index in [1.165, 1.54) is 0 Å². The van der Waals surface area contributed by atoms with Gasteiger partial charge in [-0.1, -0.05) is 11.6 Å². The number of methoxy groups -OCH3 is 2. The standard InChI is InChI=1S/C23H23ClN6O2/c1-31-20-13-21(32-2)18(24)12-17(20)19-15-30-6-3-16(11-22(30)27-19)28-7-9-29(10-8-28)23-14-25-4-5-26-23/h3-6,11-15H,7-10H2,1-2H3. The molecule has 0 atom stereocenters. The van der Waals surface area contributed by atoms with Crippen molar-refractivity contribution in [3.63, 3.8) is 0 Å². The minimum absolute atomic E-state index is 0.516. The first-order chi connectivity index (χ1) is 15.7. The van der Waals surface area contributed by atoms with Crippen molar-refractivity contribution in [2.45, 2.75) is 0 Å². The number of nitrogens with zero attached hydrogens (tertiary/aromatic N) is 6. The Morgan fingerprint density at radius 1 is 0.938 bits per heavy atom. The molecular weight excluding hydrogens is 428 g/mol. The van der Waals surface area contributed by atoms with Gasteiger partial charge in [0.25, 0.3) is 0 Å². The van der Waals surface area contributed by atoms with Gasteiger partial charge in [-0.25, -0.2) is 9.97 Å². The summed E-state index contributed by atoms with van der Waals surface area (Å²) in [5.41, 5.74) is 3.62. The number of hydrogen-bond donors (Lipinski definition) is 0. The highest BCUT2D eigenvalue weighted by molar-refractivity contribution is 6.32. The van der Waals surface area contributed by atoms with Crippen LogP contribution in [0.25, 0.3) is 16.9 Å². The van der Waals surface area contributed by atoms with Gasteiger partial charge in [-0.15, -0.1) is 0 Å². The maximum Gasteiger partial charge on any atom is 0.147 e. The molecule has 164 valence electrons. The Kier molecular flexibility index (Phi) is 5.45. The summed E-state index contributed by atoms with van der Waals surface area (Å²) in [6.45, 7) is 3.60. The van der Waals surface area contributed by atoms with Gasteiger partial charge in [0.05, 0.1) is 31.1 Å². The van der Waals surface area contributed by atoms with E-state index in [0.717, 1.165) is 54.6 Å². The number of rotatable bonds is 5. The molecule has 0 bridgehead atoms. The van der Waals surface area contributed by atoms with Crippen LogP contribution in [0, 0.1) is 0 Å². The zero-order valence-corrected chi connectivity index (χ0v) is 18.7. The summed E-state index contributed by atoms with van der Waals surface area (Å²) in [6.07, 6.45) is 9.26. The van der Waals surface area contributed by atoms with E-state index in [0.29, 0.717) is 16.5 Å². The Morgan fingerprint density at radius 2 is 1.72 bits per heavy atom. The van der Waals surface area contributed by atoms with Crippen LogP contribution in [0.15, 0.2) is 55.2 Å². The third-order valence-electron chi connectivity index (χ3n) is 5.71. The molecule has 0 aliphatic carbocycles. The molecule has 1 saturated heterocycles. The summed E-state index contributed by atoms with van der Waals surface area (Å²) in [7, 11) is 3.21. The molecule has 32 heavy (non-hydrogen) atoms. The van der Waals surface area contributed by atoms with Crippen LogP contribution >= 0.6 is 11.6 Å². The molecule has 1 aromatic carbocycles. The van der Waals surface area contributed by atoms with E-state index < -0.39 is 0 Å². The molecular formula is C23H23ClN6O2. The molecule has 0 radical (unpaired) electrons. The summed E-state index contributed by atoms with van der Waals surface area (Å²) in [5, 5.41) is 0.516. The maximum absolute atomic E-state index is 6.36. The lowest BCUT2D eigenvalue weighted by atomic mass is 10.1. The van der Waals surface area contributed by atoms with Gasteiger partial charge >= 0.3 is 0 Å². The molecule has 0 amide bonds. The zero-order chi connectivity index (χ0) is 22.1. The monoisotopic (exact) mass is 450 g/mol. The molecule has 1 fully saturated rings. The second-order valence-corrected chi connectivity index (χ2v) is 7.91. The van der Waals surface area contributed by atoms with Gasteiger partial charge in [0.2, 0.25) is 0 Å². The highest BCUT2D eigenvalue weighted by Gasteiger charge is 2.20. The summed E-state index contributed by atoms with van der Waals surface area (Å²) in [4.78, 5) is 18.0. The van der Waals surface area contributed by atoms with E-state index in [9.17, 15) is 0 Å². The van der Waals surface area contributed by atoms with Crippen LogP contribution < -0.4 is 19.3 Å². The highest BCUT2D eigenvalue weighted by atomic mass is 35.5. The summed E-state index contributed by atoms with van der Waals surface area (Å²) in [5.74, 6) is 2.15. The Hall–Kier alpha value is -3.52. The summed E-state index contributed by atoms with van der Waals surface area (Å²) in [6, 6.07) is 7.84. The zero-order valence-electron chi connectivity index (χ0n) is 17.9. The second-order valence-electron chi connectivity index (χ2n) is 7.50. The van der Waals surface area contributed by atoms with Crippen LogP contribution in [0.5, 0.6) is 11.5 Å². The molecule has 0 N–H and O–H groups in total. The smallest absolute Gasteiger partial charge is 0.147 e. The lowest BCUT2D eigenvalue weighted by Crippen LogP contribution is -2.46. The van der Waals surface area contributed by atoms with Crippen molar-refractivity contribution in [1.29, 1.82) is 0 Å². The fraction of sp³-hybridized carbons (Fsp3) is 0.261. The number of fused-ring (bicyclic) bond motifs is 1. The van der Waals surface area contributed by atoms with Gasteiger partial charge in [-0.3, -0.25) is 4.98 Å². The fourth-order valence-electron chi connectivity index (χ4n) is 4.01. The quantitative estimate of drug-likeness (QED) is 0.458. The van der Waals surface area contributed by atoms with E-state index in [1.54, 1.807) is 32.7 Å². The van der Waals surface area contributed by atoms with Crippen molar-refractivity contribution in [3.05, 3.63) is 60.3 Å². The molecule has 8 nitrogen and oxygen atoms in total. The third-order valence-corrected chi connectivity index (χ3v) is 6.01. The van der Waals surface area contributed by atoms with Crippen molar-refractivity contribution in [1.82, 2.24) is 19.4 Å². The maximum atomic E-state index is 6.36. The largest absolute Gasteiger partial charge is 0.496 e. The predicted octanol–water partition coefficient (Wildman–Crippen LogP) is 3.79. The Balaban J connectivity index is 1.39. The molecule has 0 spiro atoms. The van der Waals surface area contributed by atoms with Gasteiger partial charge in [0.1, 0.15) is 23.0 Å². The van der Waals surface area contributed by atoms with Crippen LogP contribution in [0.2, 0.25) is 5.02 Å². The van der Waals surface area contributed by atoms with Crippen LogP contribution in [-0.4, -0.2) is 59.8 Å². The van der Waals surface area contributed by atoms with Crippen molar-refractivity contribution >= 4 is 28.8 Å². The topological polar surface area (TPSA) is 68.0 Å². The average Bonchev–Trinajstić information content (AvgIpc) is 3.28. The van der Waals surface area contributed by atoms with Gasteiger partial charge in [-0.05, 0) is 12.1 Å². The predicted molar refractivity (Wildman–Crippen MR) is 125 cm³/mol. The average molecular weight is 451 g/mol. The molecule has 0 saturated carbocycles. The van der Waals surface area contributed by atoms with Gasteiger partial charge < -0.3 is 23.7 Å². The number of aromatic nitrogens is 4. The van der Waals surface area contributed by atoms with E-state index in [2.05, 4.69) is 31.9 Å². The fourth-order valence-corrected chi connectivity index (χ4v) is 4.25. The van der Waals surface area contributed by atoms with Crippen LogP contribution in [0.1, 0.15) is 0 Å². The number of hydrogen-bond acceptors (Lipinski definition) is 7. The summed E-state index contributed by atoms with van der Waals surface area (Å²) < 4.78 is 12.9. The van der Waals surface area contributed by atoms with E-state index in [-0.39, 0.29) is 0 Å².